The molecule has 1 aliphatic heterocycles. The number of likely N-dealkylation sites (tertiary alicyclic amines) is 1. The van der Waals surface area contributed by atoms with Crippen LogP contribution in [0.25, 0.3) is 0 Å². The minimum absolute atomic E-state index is 0.0724. The van der Waals surface area contributed by atoms with Gasteiger partial charge >= 0.3 is 0 Å². The van der Waals surface area contributed by atoms with Gasteiger partial charge in [0.1, 0.15) is 5.75 Å². The molecule has 0 aliphatic carbocycles. The Morgan fingerprint density at radius 2 is 2.12 bits per heavy atom. The van der Waals surface area contributed by atoms with Crippen LogP contribution in [0.2, 0.25) is 0 Å². The smallest absolute Gasteiger partial charge is 0.223 e. The summed E-state index contributed by atoms with van der Waals surface area (Å²) < 4.78 is 10.1. The Kier molecular flexibility index (Phi) is 5.68. The molecule has 1 aromatic carbocycles. The van der Waals surface area contributed by atoms with Gasteiger partial charge in [0.15, 0.2) is 5.82 Å². The van der Waals surface area contributed by atoms with E-state index >= 15 is 0 Å². The highest BCUT2D eigenvalue weighted by Gasteiger charge is 2.30. The summed E-state index contributed by atoms with van der Waals surface area (Å²) in [4.78, 5) is 19.1. The van der Waals surface area contributed by atoms with Crippen molar-refractivity contribution in [2.24, 2.45) is 0 Å². The molecule has 0 spiro atoms. The molecule has 134 valence electrons. The summed E-state index contributed by atoms with van der Waals surface area (Å²) in [6.45, 7) is 2.84. The Hall–Kier alpha value is -2.37. The van der Waals surface area contributed by atoms with Gasteiger partial charge in [-0.15, -0.1) is 0 Å². The fourth-order valence-corrected chi connectivity index (χ4v) is 3.43. The number of carbonyl (C=O) groups is 1. The van der Waals surface area contributed by atoms with Gasteiger partial charge in [0.2, 0.25) is 12.3 Å². The lowest BCUT2D eigenvalue weighted by atomic mass is 9.96. The van der Waals surface area contributed by atoms with E-state index in [0.29, 0.717) is 12.2 Å². The maximum atomic E-state index is 13.0. The molecule has 6 nitrogen and oxygen atoms in total. The van der Waals surface area contributed by atoms with Gasteiger partial charge in [-0.1, -0.05) is 37.1 Å². The summed E-state index contributed by atoms with van der Waals surface area (Å²) in [6, 6.07) is 7.84. The van der Waals surface area contributed by atoms with Gasteiger partial charge < -0.3 is 14.2 Å². The van der Waals surface area contributed by atoms with E-state index < -0.39 is 0 Å². The second-order valence-electron chi connectivity index (χ2n) is 6.62. The van der Waals surface area contributed by atoms with Crippen molar-refractivity contribution in [3.8, 4) is 5.75 Å². The van der Waals surface area contributed by atoms with Gasteiger partial charge in [0.25, 0.3) is 0 Å². The van der Waals surface area contributed by atoms with Gasteiger partial charge in [-0.3, -0.25) is 4.79 Å². The molecule has 1 aromatic heterocycles. The first-order valence-electron chi connectivity index (χ1n) is 8.88. The monoisotopic (exact) mass is 343 g/mol. The van der Waals surface area contributed by atoms with E-state index in [2.05, 4.69) is 17.1 Å². The second kappa shape index (κ2) is 8.14. The van der Waals surface area contributed by atoms with Crippen LogP contribution in [-0.4, -0.2) is 34.6 Å². The quantitative estimate of drug-likeness (QED) is 0.828. The van der Waals surface area contributed by atoms with Crippen LogP contribution in [0.4, 0.5) is 0 Å². The lowest BCUT2D eigenvalue weighted by molar-refractivity contribution is -0.134. The topological polar surface area (TPSA) is 68.5 Å². The highest BCUT2D eigenvalue weighted by Crippen LogP contribution is 2.30. The van der Waals surface area contributed by atoms with Crippen LogP contribution < -0.4 is 4.74 Å². The number of aromatic nitrogens is 2. The number of benzene rings is 1. The van der Waals surface area contributed by atoms with E-state index in [-0.39, 0.29) is 17.9 Å². The Morgan fingerprint density at radius 1 is 1.32 bits per heavy atom. The molecular weight excluding hydrogens is 318 g/mol. The molecule has 1 saturated heterocycles. The Labute approximate surface area is 148 Å². The van der Waals surface area contributed by atoms with Crippen LogP contribution in [0.5, 0.6) is 5.75 Å². The van der Waals surface area contributed by atoms with Gasteiger partial charge in [-0.25, -0.2) is 0 Å². The molecule has 0 N–H and O–H groups in total. The standard InChI is InChI=1S/C19H25N3O3/c1-14(15-7-9-16(24-2)10-8-15)12-18(23)22-11-5-3-4-6-17(22)19-20-13-25-21-19/h7-10,13-14,17H,3-6,11-12H2,1-2H3. The van der Waals surface area contributed by atoms with Gasteiger partial charge in [0, 0.05) is 13.0 Å². The highest BCUT2D eigenvalue weighted by molar-refractivity contribution is 5.77. The highest BCUT2D eigenvalue weighted by atomic mass is 16.5. The van der Waals surface area contributed by atoms with E-state index in [9.17, 15) is 4.79 Å². The summed E-state index contributed by atoms with van der Waals surface area (Å²) in [5, 5.41) is 3.98. The minimum Gasteiger partial charge on any atom is -0.497 e. The van der Waals surface area contributed by atoms with Crippen LogP contribution in [0.3, 0.4) is 0 Å². The van der Waals surface area contributed by atoms with E-state index in [0.717, 1.165) is 43.5 Å². The molecule has 25 heavy (non-hydrogen) atoms. The van der Waals surface area contributed by atoms with Crippen molar-refractivity contribution in [1.29, 1.82) is 0 Å². The first-order valence-corrected chi connectivity index (χ1v) is 8.88. The number of hydrogen-bond donors (Lipinski definition) is 0. The second-order valence-corrected chi connectivity index (χ2v) is 6.62. The van der Waals surface area contributed by atoms with E-state index in [1.807, 2.05) is 29.2 Å². The van der Waals surface area contributed by atoms with Crippen LogP contribution in [-0.2, 0) is 4.79 Å². The molecule has 1 aliphatic rings. The molecule has 0 saturated carbocycles. The largest absolute Gasteiger partial charge is 0.497 e. The number of rotatable bonds is 5. The number of amides is 1. The molecule has 1 amide bonds. The number of hydrogen-bond acceptors (Lipinski definition) is 5. The molecule has 2 unspecified atom stereocenters. The van der Waals surface area contributed by atoms with Gasteiger partial charge in [-0.05, 0) is 36.5 Å². The van der Waals surface area contributed by atoms with Crippen molar-refractivity contribution in [2.75, 3.05) is 13.7 Å². The molecule has 2 aromatic rings. The van der Waals surface area contributed by atoms with Crippen molar-refractivity contribution in [2.45, 2.75) is 51.0 Å². The van der Waals surface area contributed by atoms with E-state index in [1.54, 1.807) is 7.11 Å². The third kappa shape index (κ3) is 4.18. The van der Waals surface area contributed by atoms with Gasteiger partial charge in [-0.2, -0.15) is 4.98 Å². The third-order valence-corrected chi connectivity index (χ3v) is 4.92. The molecule has 1 fully saturated rings. The zero-order valence-corrected chi connectivity index (χ0v) is 14.9. The summed E-state index contributed by atoms with van der Waals surface area (Å²) in [5.74, 6) is 1.74. The molecular formula is C19H25N3O3. The normalized spacial score (nSPS) is 19.3. The van der Waals surface area contributed by atoms with Crippen molar-refractivity contribution in [3.63, 3.8) is 0 Å². The Morgan fingerprint density at radius 3 is 2.80 bits per heavy atom. The number of carbonyl (C=O) groups excluding carboxylic acids is 1. The van der Waals surface area contributed by atoms with Crippen molar-refractivity contribution < 1.29 is 14.1 Å². The maximum Gasteiger partial charge on any atom is 0.223 e. The zero-order chi connectivity index (χ0) is 17.6. The average molecular weight is 343 g/mol. The fourth-order valence-electron chi connectivity index (χ4n) is 3.43. The number of ether oxygens (including phenoxy) is 1. The van der Waals surface area contributed by atoms with Crippen molar-refractivity contribution in [3.05, 3.63) is 42.0 Å². The SMILES string of the molecule is COc1ccc(C(C)CC(=O)N2CCCCCC2c2ncon2)cc1. The molecule has 2 atom stereocenters. The van der Waals surface area contributed by atoms with Gasteiger partial charge in [0.05, 0.1) is 13.2 Å². The first-order chi connectivity index (χ1) is 12.2. The third-order valence-electron chi connectivity index (χ3n) is 4.92. The molecule has 3 rings (SSSR count). The Bertz CT molecular complexity index is 670. The van der Waals surface area contributed by atoms with Crippen LogP contribution in [0.15, 0.2) is 35.2 Å². The predicted octanol–water partition coefficient (Wildman–Crippen LogP) is 3.72. The average Bonchev–Trinajstić information content (AvgIpc) is 3.05. The van der Waals surface area contributed by atoms with Crippen molar-refractivity contribution in [1.82, 2.24) is 15.0 Å². The summed E-state index contributed by atoms with van der Waals surface area (Å²) in [5.41, 5.74) is 1.14. The minimum atomic E-state index is -0.0724. The van der Waals surface area contributed by atoms with Crippen LogP contribution in [0.1, 0.15) is 62.4 Å². The maximum absolute atomic E-state index is 13.0. The number of nitrogens with zero attached hydrogens (tertiary/aromatic N) is 3. The van der Waals surface area contributed by atoms with Crippen LogP contribution in [0, 0.1) is 0 Å². The predicted molar refractivity (Wildman–Crippen MR) is 93.2 cm³/mol. The summed E-state index contributed by atoms with van der Waals surface area (Å²) in [7, 11) is 1.65. The Balaban J connectivity index is 1.70. The fraction of sp³-hybridized carbons (Fsp3) is 0.526. The summed E-state index contributed by atoms with van der Waals surface area (Å²) >= 11 is 0. The molecule has 6 heteroatoms. The van der Waals surface area contributed by atoms with E-state index in [1.165, 1.54) is 6.39 Å². The van der Waals surface area contributed by atoms with Crippen molar-refractivity contribution >= 4 is 5.91 Å². The molecule has 0 bridgehead atoms. The summed E-state index contributed by atoms with van der Waals surface area (Å²) in [6.07, 6.45) is 5.94. The zero-order valence-electron chi connectivity index (χ0n) is 14.9. The molecule has 0 radical (unpaired) electrons. The van der Waals surface area contributed by atoms with Crippen LogP contribution >= 0.6 is 0 Å². The van der Waals surface area contributed by atoms with E-state index in [4.69, 9.17) is 9.26 Å². The lowest BCUT2D eigenvalue weighted by Gasteiger charge is -2.29. The first kappa shape index (κ1) is 17.5. The number of methoxy groups -OCH3 is 1. The molecule has 2 heterocycles. The lowest BCUT2D eigenvalue weighted by Crippen LogP contribution is -2.35.